The van der Waals surface area contributed by atoms with Gasteiger partial charge in [0.2, 0.25) is 0 Å². The monoisotopic (exact) mass is 432 g/mol. The molecular weight excluding hydrogens is 411 g/mol. The average molecular weight is 433 g/mol. The summed E-state index contributed by atoms with van der Waals surface area (Å²) in [5.41, 5.74) is 0.986. The maximum atomic E-state index is 13.1. The van der Waals surface area contributed by atoms with Gasteiger partial charge >= 0.3 is 5.97 Å². The van der Waals surface area contributed by atoms with E-state index in [1.54, 1.807) is 17.0 Å². The summed E-state index contributed by atoms with van der Waals surface area (Å²) in [5, 5.41) is 9.58. The number of fused-ring (bicyclic) bond motifs is 2. The van der Waals surface area contributed by atoms with Crippen molar-refractivity contribution in [3.05, 3.63) is 64.4 Å². The second kappa shape index (κ2) is 8.62. The van der Waals surface area contributed by atoms with Crippen LogP contribution in [-0.2, 0) is 11.3 Å². The Kier molecular flexibility index (Phi) is 5.92. The lowest BCUT2D eigenvalue weighted by Crippen LogP contribution is -2.55. The number of halogens is 2. The number of aromatic carboxylic acids is 1. The number of hydrogen-bond donors (Lipinski definition) is 1. The minimum Gasteiger partial charge on any atom is -0.483 e. The Bertz CT molecular complexity index is 939. The molecule has 158 valence electrons. The SMILES string of the molecule is O=C(O)c1cc(Cl)ccc1OCC(=O)N1CC2CCC(C1)N2Cc1ccc(F)cc1. The number of nitrogens with zero attached hydrogens (tertiary/aromatic N) is 2. The van der Waals surface area contributed by atoms with Gasteiger partial charge < -0.3 is 14.7 Å². The molecule has 0 radical (unpaired) electrons. The minimum absolute atomic E-state index is 0.0699. The van der Waals surface area contributed by atoms with Gasteiger partial charge in [-0.15, -0.1) is 0 Å². The number of carboxylic acid groups (broad SMARTS) is 1. The van der Waals surface area contributed by atoms with Crippen LogP contribution in [0.4, 0.5) is 4.39 Å². The zero-order valence-corrected chi connectivity index (χ0v) is 17.0. The quantitative estimate of drug-likeness (QED) is 0.757. The fraction of sp³-hybridized carbons (Fsp3) is 0.364. The van der Waals surface area contributed by atoms with Gasteiger partial charge in [0.1, 0.15) is 17.1 Å². The van der Waals surface area contributed by atoms with Crippen LogP contribution in [0.3, 0.4) is 0 Å². The molecule has 0 aromatic heterocycles. The molecule has 0 aliphatic carbocycles. The molecule has 2 aliphatic heterocycles. The van der Waals surface area contributed by atoms with Gasteiger partial charge in [-0.25, -0.2) is 9.18 Å². The Hall–Kier alpha value is -2.64. The van der Waals surface area contributed by atoms with Crippen molar-refractivity contribution in [2.75, 3.05) is 19.7 Å². The van der Waals surface area contributed by atoms with Gasteiger partial charge in [0.25, 0.3) is 5.91 Å². The molecule has 2 unspecified atom stereocenters. The molecule has 0 saturated carbocycles. The van der Waals surface area contributed by atoms with E-state index in [0.717, 1.165) is 24.9 Å². The van der Waals surface area contributed by atoms with Crippen molar-refractivity contribution < 1.29 is 23.8 Å². The zero-order chi connectivity index (χ0) is 21.3. The molecule has 8 heteroatoms. The third kappa shape index (κ3) is 4.42. The van der Waals surface area contributed by atoms with Crippen molar-refractivity contribution in [1.29, 1.82) is 0 Å². The fourth-order valence-electron chi connectivity index (χ4n) is 4.28. The van der Waals surface area contributed by atoms with Crippen LogP contribution in [0.15, 0.2) is 42.5 Å². The van der Waals surface area contributed by atoms with E-state index < -0.39 is 5.97 Å². The van der Waals surface area contributed by atoms with Gasteiger partial charge in [-0.05, 0) is 48.7 Å². The Balaban J connectivity index is 1.36. The first-order valence-corrected chi connectivity index (χ1v) is 10.2. The third-order valence-electron chi connectivity index (χ3n) is 5.79. The summed E-state index contributed by atoms with van der Waals surface area (Å²) in [5.74, 6) is -1.45. The van der Waals surface area contributed by atoms with Gasteiger partial charge in [0, 0.05) is 36.7 Å². The highest BCUT2D eigenvalue weighted by Crippen LogP contribution is 2.32. The van der Waals surface area contributed by atoms with Crippen LogP contribution in [0.2, 0.25) is 5.02 Å². The van der Waals surface area contributed by atoms with Gasteiger partial charge in [-0.1, -0.05) is 23.7 Å². The van der Waals surface area contributed by atoms with E-state index in [0.29, 0.717) is 18.1 Å². The molecule has 2 saturated heterocycles. The van der Waals surface area contributed by atoms with Crippen molar-refractivity contribution in [2.45, 2.75) is 31.5 Å². The largest absolute Gasteiger partial charge is 0.483 e. The Morgan fingerprint density at radius 3 is 2.40 bits per heavy atom. The summed E-state index contributed by atoms with van der Waals surface area (Å²) in [7, 11) is 0. The summed E-state index contributed by atoms with van der Waals surface area (Å²) in [6.45, 7) is 1.72. The Labute approximate surface area is 178 Å². The predicted molar refractivity (Wildman–Crippen MR) is 109 cm³/mol. The van der Waals surface area contributed by atoms with Gasteiger partial charge in [0.15, 0.2) is 6.61 Å². The molecule has 2 atom stereocenters. The van der Waals surface area contributed by atoms with E-state index >= 15 is 0 Å². The number of carbonyl (C=O) groups excluding carboxylic acids is 1. The van der Waals surface area contributed by atoms with E-state index in [1.807, 2.05) is 0 Å². The van der Waals surface area contributed by atoms with Crippen molar-refractivity contribution in [3.8, 4) is 5.75 Å². The summed E-state index contributed by atoms with van der Waals surface area (Å²) >= 11 is 5.85. The van der Waals surface area contributed by atoms with E-state index in [1.165, 1.54) is 30.3 Å². The number of carboxylic acids is 1. The van der Waals surface area contributed by atoms with Gasteiger partial charge in [-0.2, -0.15) is 0 Å². The summed E-state index contributed by atoms with van der Waals surface area (Å²) < 4.78 is 18.7. The normalized spacial score (nSPS) is 20.9. The van der Waals surface area contributed by atoms with Crippen LogP contribution in [0.25, 0.3) is 0 Å². The summed E-state index contributed by atoms with van der Waals surface area (Å²) in [6, 6.07) is 11.3. The number of hydrogen-bond acceptors (Lipinski definition) is 4. The topological polar surface area (TPSA) is 70.1 Å². The molecule has 30 heavy (non-hydrogen) atoms. The van der Waals surface area contributed by atoms with E-state index in [4.69, 9.17) is 16.3 Å². The second-order valence-corrected chi connectivity index (χ2v) is 8.15. The molecule has 1 amide bonds. The average Bonchev–Trinajstić information content (AvgIpc) is 2.95. The van der Waals surface area contributed by atoms with E-state index in [-0.39, 0.29) is 41.7 Å². The van der Waals surface area contributed by atoms with Crippen LogP contribution in [0.1, 0.15) is 28.8 Å². The number of likely N-dealkylation sites (tertiary alicyclic amines) is 1. The zero-order valence-electron chi connectivity index (χ0n) is 16.3. The molecule has 2 aromatic rings. The highest BCUT2D eigenvalue weighted by Gasteiger charge is 2.41. The lowest BCUT2D eigenvalue weighted by atomic mass is 10.1. The molecular formula is C22H22ClFN2O4. The molecule has 1 N–H and O–H groups in total. The van der Waals surface area contributed by atoms with E-state index in [2.05, 4.69) is 4.90 Å². The molecule has 2 aliphatic rings. The lowest BCUT2D eigenvalue weighted by Gasteiger charge is -2.41. The Morgan fingerprint density at radius 1 is 1.10 bits per heavy atom. The summed E-state index contributed by atoms with van der Waals surface area (Å²) in [4.78, 5) is 28.2. The summed E-state index contributed by atoms with van der Waals surface area (Å²) in [6.07, 6.45) is 2.02. The molecule has 0 spiro atoms. The first-order valence-electron chi connectivity index (χ1n) is 9.84. The molecule has 2 heterocycles. The number of carbonyl (C=O) groups is 2. The highest BCUT2D eigenvalue weighted by atomic mass is 35.5. The van der Waals surface area contributed by atoms with Gasteiger partial charge in [-0.3, -0.25) is 9.69 Å². The Morgan fingerprint density at radius 2 is 1.77 bits per heavy atom. The van der Waals surface area contributed by atoms with Crippen molar-refractivity contribution in [1.82, 2.24) is 9.80 Å². The number of piperazine rings is 1. The first kappa shape index (κ1) is 20.6. The molecule has 6 nitrogen and oxygen atoms in total. The van der Waals surface area contributed by atoms with Crippen molar-refractivity contribution >= 4 is 23.5 Å². The van der Waals surface area contributed by atoms with Crippen LogP contribution in [-0.4, -0.2) is 58.6 Å². The van der Waals surface area contributed by atoms with E-state index in [9.17, 15) is 19.1 Å². The first-order chi connectivity index (χ1) is 14.4. The van der Waals surface area contributed by atoms with Crippen LogP contribution in [0, 0.1) is 5.82 Å². The standard InChI is InChI=1S/C22H22ClFN2O4/c23-15-3-8-20(19(9-15)22(28)29)30-13-21(27)25-11-17-6-7-18(12-25)26(17)10-14-1-4-16(24)5-2-14/h1-5,8-9,17-18H,6-7,10-13H2,(H,28,29). The van der Waals surface area contributed by atoms with Crippen molar-refractivity contribution in [3.63, 3.8) is 0 Å². The molecule has 2 bridgehead atoms. The molecule has 2 fully saturated rings. The number of rotatable bonds is 6. The fourth-order valence-corrected chi connectivity index (χ4v) is 4.45. The third-order valence-corrected chi connectivity index (χ3v) is 6.02. The smallest absolute Gasteiger partial charge is 0.339 e. The van der Waals surface area contributed by atoms with Crippen LogP contribution < -0.4 is 4.74 Å². The van der Waals surface area contributed by atoms with Gasteiger partial charge in [0.05, 0.1) is 0 Å². The predicted octanol–water partition coefficient (Wildman–Crippen LogP) is 3.43. The second-order valence-electron chi connectivity index (χ2n) is 7.72. The number of benzene rings is 2. The van der Waals surface area contributed by atoms with Crippen LogP contribution in [0.5, 0.6) is 5.75 Å². The number of amides is 1. The molecule has 2 aromatic carbocycles. The minimum atomic E-state index is -1.16. The maximum absolute atomic E-state index is 13.1. The number of ether oxygens (including phenoxy) is 1. The van der Waals surface area contributed by atoms with Crippen molar-refractivity contribution in [2.24, 2.45) is 0 Å². The van der Waals surface area contributed by atoms with Crippen LogP contribution >= 0.6 is 11.6 Å². The lowest BCUT2D eigenvalue weighted by molar-refractivity contribution is -0.137. The highest BCUT2D eigenvalue weighted by molar-refractivity contribution is 6.31. The maximum Gasteiger partial charge on any atom is 0.339 e. The molecule has 4 rings (SSSR count).